The summed E-state index contributed by atoms with van der Waals surface area (Å²) in [7, 11) is 0. The van der Waals surface area contributed by atoms with Gasteiger partial charge in [-0.2, -0.15) is 11.8 Å². The molecule has 3 atom stereocenters. The zero-order valence-electron chi connectivity index (χ0n) is 10.2. The number of amides is 1. The Kier molecular flexibility index (Phi) is 4.14. The second kappa shape index (κ2) is 5.41. The van der Waals surface area contributed by atoms with Gasteiger partial charge < -0.3 is 4.90 Å². The van der Waals surface area contributed by atoms with E-state index in [2.05, 4.69) is 17.1 Å². The van der Waals surface area contributed by atoms with Crippen LogP contribution in [0.5, 0.6) is 0 Å². The number of carbonyl (C=O) groups excluding carboxylic acids is 1. The average Bonchev–Trinajstić information content (AvgIpc) is 2.84. The summed E-state index contributed by atoms with van der Waals surface area (Å²) in [5, 5.41) is 3.40. The van der Waals surface area contributed by atoms with E-state index in [1.807, 2.05) is 18.7 Å². The van der Waals surface area contributed by atoms with E-state index in [-0.39, 0.29) is 12.2 Å². The molecule has 3 unspecified atom stereocenters. The van der Waals surface area contributed by atoms with E-state index in [4.69, 9.17) is 0 Å². The molecule has 2 rings (SSSR count). The Hall–Kier alpha value is -0.220. The van der Waals surface area contributed by atoms with Gasteiger partial charge >= 0.3 is 0 Å². The third-order valence-corrected chi connectivity index (χ3v) is 4.74. The molecule has 0 aromatic carbocycles. The van der Waals surface area contributed by atoms with Crippen molar-refractivity contribution in [1.82, 2.24) is 10.2 Å². The standard InChI is InChI=1S/C12H22N2OS/c1-3-4-11-13-9(2)12(15)14(11)7-10-5-6-16-8-10/h9-11,13H,3-8H2,1-2H3. The second-order valence-corrected chi connectivity index (χ2v) is 6.06. The molecule has 3 nitrogen and oxygen atoms in total. The van der Waals surface area contributed by atoms with Crippen LogP contribution < -0.4 is 5.32 Å². The lowest BCUT2D eigenvalue weighted by Crippen LogP contribution is -2.40. The molecule has 0 spiro atoms. The van der Waals surface area contributed by atoms with Crippen molar-refractivity contribution in [2.24, 2.45) is 5.92 Å². The predicted molar refractivity (Wildman–Crippen MR) is 68.4 cm³/mol. The Morgan fingerprint density at radius 3 is 3.00 bits per heavy atom. The van der Waals surface area contributed by atoms with Crippen molar-refractivity contribution in [2.75, 3.05) is 18.1 Å². The van der Waals surface area contributed by atoms with Crippen LogP contribution in [0.25, 0.3) is 0 Å². The van der Waals surface area contributed by atoms with E-state index in [9.17, 15) is 4.79 Å². The van der Waals surface area contributed by atoms with Gasteiger partial charge in [0.15, 0.2) is 0 Å². The van der Waals surface area contributed by atoms with Gasteiger partial charge in [-0.15, -0.1) is 0 Å². The molecule has 2 fully saturated rings. The van der Waals surface area contributed by atoms with E-state index < -0.39 is 0 Å². The molecule has 0 aliphatic carbocycles. The maximum Gasteiger partial charge on any atom is 0.240 e. The zero-order valence-corrected chi connectivity index (χ0v) is 11.1. The van der Waals surface area contributed by atoms with Gasteiger partial charge in [0, 0.05) is 6.54 Å². The molecule has 1 amide bonds. The highest BCUT2D eigenvalue weighted by atomic mass is 32.2. The van der Waals surface area contributed by atoms with Gasteiger partial charge in [0.1, 0.15) is 0 Å². The van der Waals surface area contributed by atoms with Crippen molar-refractivity contribution in [1.29, 1.82) is 0 Å². The molecule has 2 heterocycles. The largest absolute Gasteiger partial charge is 0.325 e. The van der Waals surface area contributed by atoms with E-state index in [1.165, 1.54) is 17.9 Å². The quantitative estimate of drug-likeness (QED) is 0.814. The molecule has 92 valence electrons. The van der Waals surface area contributed by atoms with Crippen molar-refractivity contribution in [3.05, 3.63) is 0 Å². The van der Waals surface area contributed by atoms with Crippen molar-refractivity contribution in [3.63, 3.8) is 0 Å². The van der Waals surface area contributed by atoms with Gasteiger partial charge in [-0.1, -0.05) is 13.3 Å². The van der Waals surface area contributed by atoms with Crippen LogP contribution in [0.2, 0.25) is 0 Å². The highest BCUT2D eigenvalue weighted by Gasteiger charge is 2.36. The molecule has 4 heteroatoms. The minimum atomic E-state index is 0.0191. The summed E-state index contributed by atoms with van der Waals surface area (Å²) in [6, 6.07) is 0.0191. The molecular formula is C12H22N2OS. The third-order valence-electron chi connectivity index (χ3n) is 3.51. The Morgan fingerprint density at radius 2 is 2.38 bits per heavy atom. The zero-order chi connectivity index (χ0) is 11.5. The molecule has 0 bridgehead atoms. The van der Waals surface area contributed by atoms with Crippen LogP contribution in [0.1, 0.15) is 33.1 Å². The van der Waals surface area contributed by atoms with Crippen molar-refractivity contribution in [2.45, 2.75) is 45.3 Å². The van der Waals surface area contributed by atoms with Crippen LogP contribution >= 0.6 is 11.8 Å². The van der Waals surface area contributed by atoms with E-state index in [0.29, 0.717) is 5.91 Å². The van der Waals surface area contributed by atoms with Gasteiger partial charge in [0.25, 0.3) is 0 Å². The summed E-state index contributed by atoms with van der Waals surface area (Å²) in [5.41, 5.74) is 0. The lowest BCUT2D eigenvalue weighted by molar-refractivity contribution is -0.130. The summed E-state index contributed by atoms with van der Waals surface area (Å²) in [6.45, 7) is 5.13. The normalized spacial score (nSPS) is 35.0. The first-order valence-corrected chi connectivity index (χ1v) is 7.52. The first-order valence-electron chi connectivity index (χ1n) is 6.36. The van der Waals surface area contributed by atoms with Crippen LogP contribution in [0.3, 0.4) is 0 Å². The molecular weight excluding hydrogens is 220 g/mol. The van der Waals surface area contributed by atoms with Gasteiger partial charge in [0.2, 0.25) is 5.91 Å². The summed E-state index contributed by atoms with van der Waals surface area (Å²) in [5.74, 6) is 3.53. The SMILES string of the molecule is CCCC1NC(C)C(=O)N1CC1CCSC1. The average molecular weight is 242 g/mol. The number of hydrogen-bond acceptors (Lipinski definition) is 3. The van der Waals surface area contributed by atoms with Crippen LogP contribution in [0, 0.1) is 5.92 Å². The van der Waals surface area contributed by atoms with Crippen molar-refractivity contribution >= 4 is 17.7 Å². The number of nitrogens with one attached hydrogen (secondary N) is 1. The first kappa shape index (κ1) is 12.2. The Balaban J connectivity index is 1.95. The van der Waals surface area contributed by atoms with Crippen LogP contribution in [0.4, 0.5) is 0 Å². The second-order valence-electron chi connectivity index (χ2n) is 4.91. The van der Waals surface area contributed by atoms with Gasteiger partial charge in [-0.05, 0) is 37.2 Å². The number of thioether (sulfide) groups is 1. The lowest BCUT2D eigenvalue weighted by atomic mass is 10.1. The Labute approximate surface area is 102 Å². The molecule has 0 aromatic heterocycles. The van der Waals surface area contributed by atoms with E-state index in [1.54, 1.807) is 0 Å². The highest BCUT2D eigenvalue weighted by Crippen LogP contribution is 2.26. The number of nitrogens with zero attached hydrogens (tertiary/aromatic N) is 1. The van der Waals surface area contributed by atoms with Crippen LogP contribution in [-0.2, 0) is 4.79 Å². The van der Waals surface area contributed by atoms with Crippen LogP contribution in [0.15, 0.2) is 0 Å². The lowest BCUT2D eigenvalue weighted by Gasteiger charge is -2.26. The van der Waals surface area contributed by atoms with Crippen molar-refractivity contribution in [3.8, 4) is 0 Å². The molecule has 1 N–H and O–H groups in total. The number of carbonyl (C=O) groups is 1. The molecule has 2 aliphatic rings. The van der Waals surface area contributed by atoms with Gasteiger partial charge in [-0.3, -0.25) is 10.1 Å². The predicted octanol–water partition coefficient (Wildman–Crippen LogP) is 1.69. The minimum absolute atomic E-state index is 0.0191. The smallest absolute Gasteiger partial charge is 0.240 e. The molecule has 0 aromatic rings. The van der Waals surface area contributed by atoms with Crippen LogP contribution in [-0.4, -0.2) is 41.1 Å². The maximum atomic E-state index is 12.0. The topological polar surface area (TPSA) is 32.3 Å². The summed E-state index contributed by atoms with van der Waals surface area (Å²) < 4.78 is 0. The molecule has 0 saturated carbocycles. The van der Waals surface area contributed by atoms with E-state index >= 15 is 0 Å². The van der Waals surface area contributed by atoms with Gasteiger partial charge in [0.05, 0.1) is 12.2 Å². The third kappa shape index (κ3) is 2.54. The Bertz CT molecular complexity index is 253. The fraction of sp³-hybridized carbons (Fsp3) is 0.917. The molecule has 2 aliphatic heterocycles. The molecule has 16 heavy (non-hydrogen) atoms. The number of hydrogen-bond donors (Lipinski definition) is 1. The summed E-state index contributed by atoms with van der Waals surface area (Å²) >= 11 is 2.02. The fourth-order valence-corrected chi connectivity index (χ4v) is 3.86. The van der Waals surface area contributed by atoms with E-state index in [0.717, 1.165) is 25.3 Å². The van der Waals surface area contributed by atoms with Gasteiger partial charge in [-0.25, -0.2) is 0 Å². The highest BCUT2D eigenvalue weighted by molar-refractivity contribution is 7.99. The summed E-state index contributed by atoms with van der Waals surface area (Å²) in [6.07, 6.45) is 3.78. The molecule has 2 saturated heterocycles. The number of rotatable bonds is 4. The first-order chi connectivity index (χ1) is 7.72. The molecule has 0 radical (unpaired) electrons. The fourth-order valence-electron chi connectivity index (χ4n) is 2.59. The monoisotopic (exact) mass is 242 g/mol. The Morgan fingerprint density at radius 1 is 1.56 bits per heavy atom. The maximum absolute atomic E-state index is 12.0. The minimum Gasteiger partial charge on any atom is -0.325 e. The summed E-state index contributed by atoms with van der Waals surface area (Å²) in [4.78, 5) is 14.1. The van der Waals surface area contributed by atoms with Crippen molar-refractivity contribution < 1.29 is 4.79 Å².